The van der Waals surface area contributed by atoms with Gasteiger partial charge in [0.2, 0.25) is 0 Å². The Morgan fingerprint density at radius 3 is 2.89 bits per heavy atom. The summed E-state index contributed by atoms with van der Waals surface area (Å²) in [5.74, 6) is 0. The van der Waals surface area contributed by atoms with Crippen molar-refractivity contribution in [1.82, 2.24) is 19.9 Å². The molecule has 0 saturated carbocycles. The largest absolute Gasteiger partial charge is 0.337 e. The minimum atomic E-state index is 0.893. The molecular formula is C13H20N4S. The van der Waals surface area contributed by atoms with Gasteiger partial charge in [0.05, 0.1) is 12.0 Å². The number of aromatic nitrogens is 3. The Labute approximate surface area is 112 Å². The maximum atomic E-state index is 4.51. The number of unbranched alkanes of at least 4 members (excludes halogenated alkanes) is 1. The molecule has 0 bridgehead atoms. The predicted molar refractivity (Wildman–Crippen MR) is 74.8 cm³/mol. The minimum absolute atomic E-state index is 0.893. The molecule has 0 spiro atoms. The summed E-state index contributed by atoms with van der Waals surface area (Å²) in [6.07, 6.45) is 8.06. The topological polar surface area (TPSA) is 42.7 Å². The lowest BCUT2D eigenvalue weighted by Gasteiger charge is -2.03. The SMILES string of the molecule is Cc1nc(CNCCCCn2ccnc2)sc1C. The van der Waals surface area contributed by atoms with Crippen LogP contribution in [0.15, 0.2) is 18.7 Å². The molecule has 4 nitrogen and oxygen atoms in total. The van der Waals surface area contributed by atoms with Crippen molar-refractivity contribution < 1.29 is 0 Å². The first-order valence-corrected chi connectivity index (χ1v) is 7.16. The van der Waals surface area contributed by atoms with Crippen LogP contribution in [-0.2, 0) is 13.1 Å². The summed E-state index contributed by atoms with van der Waals surface area (Å²) < 4.78 is 2.12. The van der Waals surface area contributed by atoms with Gasteiger partial charge in [0, 0.05) is 30.4 Å². The molecule has 2 heterocycles. The standard InChI is InChI=1S/C13H20N4S/c1-11-12(2)18-13(16-11)9-14-5-3-4-7-17-8-6-15-10-17/h6,8,10,14H,3-5,7,9H2,1-2H3. The molecule has 1 N–H and O–H groups in total. The Kier molecular flexibility index (Phi) is 4.90. The van der Waals surface area contributed by atoms with Crippen LogP contribution in [0.4, 0.5) is 0 Å². The third kappa shape index (κ3) is 3.92. The lowest BCUT2D eigenvalue weighted by molar-refractivity contribution is 0.567. The molecule has 0 unspecified atom stereocenters. The number of aryl methyl sites for hydroxylation is 3. The van der Waals surface area contributed by atoms with Crippen molar-refractivity contribution in [2.24, 2.45) is 0 Å². The number of thiazole rings is 1. The Balaban J connectivity index is 1.56. The van der Waals surface area contributed by atoms with Crippen LogP contribution in [-0.4, -0.2) is 21.1 Å². The molecule has 0 fully saturated rings. The molecule has 2 aromatic rings. The predicted octanol–water partition coefficient (Wildman–Crippen LogP) is 2.53. The molecule has 0 atom stereocenters. The zero-order valence-electron chi connectivity index (χ0n) is 11.0. The zero-order valence-corrected chi connectivity index (χ0v) is 11.8. The smallest absolute Gasteiger partial charge is 0.107 e. The maximum Gasteiger partial charge on any atom is 0.107 e. The number of hydrogen-bond donors (Lipinski definition) is 1. The summed E-state index contributed by atoms with van der Waals surface area (Å²) in [6, 6.07) is 0. The highest BCUT2D eigenvalue weighted by Gasteiger charge is 2.02. The van der Waals surface area contributed by atoms with Gasteiger partial charge in [-0.25, -0.2) is 9.97 Å². The van der Waals surface area contributed by atoms with Crippen molar-refractivity contribution in [3.8, 4) is 0 Å². The fraction of sp³-hybridized carbons (Fsp3) is 0.538. The molecular weight excluding hydrogens is 244 g/mol. The quantitative estimate of drug-likeness (QED) is 0.781. The summed E-state index contributed by atoms with van der Waals surface area (Å²) in [5, 5.41) is 4.64. The van der Waals surface area contributed by atoms with Crippen LogP contribution in [0.5, 0.6) is 0 Å². The number of nitrogens with zero attached hydrogens (tertiary/aromatic N) is 3. The maximum absolute atomic E-state index is 4.51. The van der Waals surface area contributed by atoms with Crippen molar-refractivity contribution in [2.45, 2.75) is 39.8 Å². The van der Waals surface area contributed by atoms with Gasteiger partial charge in [0.15, 0.2) is 0 Å². The Morgan fingerprint density at radius 2 is 2.22 bits per heavy atom. The van der Waals surface area contributed by atoms with E-state index < -0.39 is 0 Å². The van der Waals surface area contributed by atoms with Crippen LogP contribution in [0.1, 0.15) is 28.4 Å². The molecule has 2 rings (SSSR count). The third-order valence-electron chi connectivity index (χ3n) is 2.93. The number of imidazole rings is 1. The van der Waals surface area contributed by atoms with E-state index in [-0.39, 0.29) is 0 Å². The minimum Gasteiger partial charge on any atom is -0.337 e. The number of hydrogen-bond acceptors (Lipinski definition) is 4. The van der Waals surface area contributed by atoms with E-state index in [0.29, 0.717) is 0 Å². The molecule has 98 valence electrons. The average Bonchev–Trinajstić information content (AvgIpc) is 2.95. The van der Waals surface area contributed by atoms with Gasteiger partial charge in [-0.15, -0.1) is 11.3 Å². The van der Waals surface area contributed by atoms with E-state index >= 15 is 0 Å². The van der Waals surface area contributed by atoms with E-state index in [4.69, 9.17) is 0 Å². The van der Waals surface area contributed by atoms with Crippen LogP contribution in [0.25, 0.3) is 0 Å². The van der Waals surface area contributed by atoms with Gasteiger partial charge in [0.1, 0.15) is 5.01 Å². The monoisotopic (exact) mass is 264 g/mol. The van der Waals surface area contributed by atoms with Crippen LogP contribution < -0.4 is 5.32 Å². The van der Waals surface area contributed by atoms with Crippen LogP contribution in [0.2, 0.25) is 0 Å². The molecule has 2 aromatic heterocycles. The van der Waals surface area contributed by atoms with Crippen molar-refractivity contribution >= 4 is 11.3 Å². The lowest BCUT2D eigenvalue weighted by atomic mass is 10.3. The van der Waals surface area contributed by atoms with Gasteiger partial charge in [0.25, 0.3) is 0 Å². The van der Waals surface area contributed by atoms with Crippen LogP contribution in [0, 0.1) is 13.8 Å². The first-order chi connectivity index (χ1) is 8.75. The molecule has 0 aliphatic rings. The molecule has 0 aliphatic carbocycles. The number of nitrogens with one attached hydrogen (secondary N) is 1. The molecule has 0 aromatic carbocycles. The summed E-state index contributed by atoms with van der Waals surface area (Å²) in [7, 11) is 0. The summed E-state index contributed by atoms with van der Waals surface area (Å²) in [5.41, 5.74) is 1.16. The van der Waals surface area contributed by atoms with E-state index in [0.717, 1.165) is 25.3 Å². The Morgan fingerprint density at radius 1 is 1.33 bits per heavy atom. The lowest BCUT2D eigenvalue weighted by Crippen LogP contribution is -2.15. The van der Waals surface area contributed by atoms with Crippen LogP contribution >= 0.6 is 11.3 Å². The van der Waals surface area contributed by atoms with E-state index in [1.807, 2.05) is 18.7 Å². The zero-order chi connectivity index (χ0) is 12.8. The highest BCUT2D eigenvalue weighted by molar-refractivity contribution is 7.11. The molecule has 0 amide bonds. The molecule has 0 radical (unpaired) electrons. The summed E-state index contributed by atoms with van der Waals surface area (Å²) >= 11 is 1.79. The third-order valence-corrected chi connectivity index (χ3v) is 4.00. The normalized spacial score (nSPS) is 11.0. The second-order valence-corrected chi connectivity index (χ2v) is 5.72. The summed E-state index contributed by atoms with van der Waals surface area (Å²) in [6.45, 7) is 7.19. The van der Waals surface area contributed by atoms with Crippen molar-refractivity contribution in [1.29, 1.82) is 0 Å². The van der Waals surface area contributed by atoms with Gasteiger partial charge < -0.3 is 9.88 Å². The Bertz CT molecular complexity index is 442. The first kappa shape index (κ1) is 13.2. The highest BCUT2D eigenvalue weighted by atomic mass is 32.1. The fourth-order valence-corrected chi connectivity index (χ4v) is 2.68. The summed E-state index contributed by atoms with van der Waals surface area (Å²) in [4.78, 5) is 9.87. The van der Waals surface area contributed by atoms with E-state index in [1.165, 1.54) is 22.7 Å². The highest BCUT2D eigenvalue weighted by Crippen LogP contribution is 2.15. The number of rotatable bonds is 7. The van der Waals surface area contributed by atoms with Gasteiger partial charge in [-0.2, -0.15) is 0 Å². The fourth-order valence-electron chi connectivity index (χ4n) is 1.77. The molecule has 18 heavy (non-hydrogen) atoms. The van der Waals surface area contributed by atoms with E-state index in [1.54, 1.807) is 11.3 Å². The van der Waals surface area contributed by atoms with Crippen molar-refractivity contribution in [3.05, 3.63) is 34.3 Å². The second kappa shape index (κ2) is 6.66. The Hall–Kier alpha value is -1.20. The van der Waals surface area contributed by atoms with Gasteiger partial charge in [-0.05, 0) is 33.2 Å². The van der Waals surface area contributed by atoms with Gasteiger partial charge in [-0.1, -0.05) is 0 Å². The average molecular weight is 264 g/mol. The van der Waals surface area contributed by atoms with E-state index in [9.17, 15) is 0 Å². The second-order valence-electron chi connectivity index (χ2n) is 4.43. The van der Waals surface area contributed by atoms with Gasteiger partial charge >= 0.3 is 0 Å². The molecule has 0 aliphatic heterocycles. The first-order valence-electron chi connectivity index (χ1n) is 6.35. The molecule has 5 heteroatoms. The van der Waals surface area contributed by atoms with Crippen molar-refractivity contribution in [2.75, 3.05) is 6.54 Å². The van der Waals surface area contributed by atoms with Crippen molar-refractivity contribution in [3.63, 3.8) is 0 Å². The molecule has 0 saturated heterocycles. The van der Waals surface area contributed by atoms with E-state index in [2.05, 4.69) is 33.7 Å². The van der Waals surface area contributed by atoms with Crippen LogP contribution in [0.3, 0.4) is 0 Å². The van der Waals surface area contributed by atoms with Gasteiger partial charge in [-0.3, -0.25) is 0 Å².